The normalized spacial score (nSPS) is 11.4. The van der Waals surface area contributed by atoms with Crippen molar-refractivity contribution in [1.82, 2.24) is 19.7 Å². The minimum absolute atomic E-state index is 0.104. The van der Waals surface area contributed by atoms with Crippen LogP contribution in [0.25, 0.3) is 31.7 Å². The summed E-state index contributed by atoms with van der Waals surface area (Å²) in [5, 5.41) is 16.3. The molecule has 3 aromatic heterocycles. The summed E-state index contributed by atoms with van der Waals surface area (Å²) < 4.78 is 4.34. The number of para-hydroxylation sites is 1. The number of hydrogen-bond acceptors (Lipinski definition) is 7. The average molecular weight is 452 g/mol. The van der Waals surface area contributed by atoms with Gasteiger partial charge in [0, 0.05) is 27.6 Å². The highest BCUT2D eigenvalue weighted by molar-refractivity contribution is 7.99. The van der Waals surface area contributed by atoms with E-state index < -0.39 is 0 Å². The van der Waals surface area contributed by atoms with Gasteiger partial charge in [-0.1, -0.05) is 53.4 Å². The minimum Gasteiger partial charge on any atom is -0.302 e. The zero-order valence-electron chi connectivity index (χ0n) is 16.0. The lowest BCUT2D eigenvalue weighted by Gasteiger charge is -2.07. The molecule has 0 aliphatic carbocycles. The summed E-state index contributed by atoms with van der Waals surface area (Å²) in [5.74, 6) is 0.981. The summed E-state index contributed by atoms with van der Waals surface area (Å²) in [6.45, 7) is 2.79. The Morgan fingerprint density at radius 1 is 1.10 bits per heavy atom. The minimum atomic E-state index is -0.104. The number of nitrogens with one attached hydrogen (secondary N) is 1. The Balaban J connectivity index is 1.32. The molecule has 0 saturated heterocycles. The Kier molecular flexibility index (Phi) is 5.24. The molecule has 0 aliphatic heterocycles. The Hall–Kier alpha value is -2.75. The first-order chi connectivity index (χ1) is 14.7. The quantitative estimate of drug-likeness (QED) is 0.344. The number of thioether (sulfide) groups is 1. The molecular formula is C21H17N5OS3. The van der Waals surface area contributed by atoms with E-state index in [1.54, 1.807) is 11.3 Å². The molecule has 0 unspecified atom stereocenters. The monoisotopic (exact) mass is 451 g/mol. The number of carbonyl (C=O) groups is 1. The first-order valence-electron chi connectivity index (χ1n) is 9.41. The van der Waals surface area contributed by atoms with Gasteiger partial charge >= 0.3 is 0 Å². The Morgan fingerprint density at radius 3 is 2.73 bits per heavy atom. The number of aromatic nitrogens is 4. The first-order valence-corrected chi connectivity index (χ1v) is 12.1. The van der Waals surface area contributed by atoms with Crippen LogP contribution in [0.2, 0.25) is 0 Å². The smallest absolute Gasteiger partial charge is 0.236 e. The Morgan fingerprint density at radius 2 is 1.90 bits per heavy atom. The van der Waals surface area contributed by atoms with Crippen LogP contribution in [0.15, 0.2) is 59.1 Å². The van der Waals surface area contributed by atoms with Crippen LogP contribution in [0.5, 0.6) is 0 Å². The topological polar surface area (TPSA) is 72.7 Å². The molecular weight excluding hydrogens is 434 g/mol. The first kappa shape index (κ1) is 19.2. The third-order valence-electron chi connectivity index (χ3n) is 4.63. The number of anilines is 1. The fraction of sp³-hybridized carbons (Fsp3) is 0.143. The number of thiophene rings is 1. The van der Waals surface area contributed by atoms with Gasteiger partial charge < -0.3 is 9.88 Å². The number of benzene rings is 2. The molecule has 1 N–H and O–H groups in total. The van der Waals surface area contributed by atoms with Crippen molar-refractivity contribution in [2.45, 2.75) is 18.6 Å². The third-order valence-corrected chi connectivity index (χ3v) is 7.51. The highest BCUT2D eigenvalue weighted by Gasteiger charge is 2.17. The zero-order valence-corrected chi connectivity index (χ0v) is 18.5. The molecule has 0 bridgehead atoms. The van der Waals surface area contributed by atoms with Gasteiger partial charge in [0.1, 0.15) is 0 Å². The number of fused-ring (bicyclic) bond motifs is 2. The summed E-state index contributed by atoms with van der Waals surface area (Å²) in [7, 11) is 0. The van der Waals surface area contributed by atoms with Gasteiger partial charge in [0.25, 0.3) is 0 Å². The Bertz CT molecular complexity index is 1320. The van der Waals surface area contributed by atoms with Crippen LogP contribution in [0.4, 0.5) is 5.13 Å². The van der Waals surface area contributed by atoms with Gasteiger partial charge in [-0.3, -0.25) is 4.79 Å². The number of rotatable bonds is 6. The van der Waals surface area contributed by atoms with Crippen LogP contribution in [-0.4, -0.2) is 31.4 Å². The van der Waals surface area contributed by atoms with Gasteiger partial charge in [0.2, 0.25) is 5.91 Å². The molecule has 0 spiro atoms. The number of carbonyl (C=O) groups excluding carboxylic acids is 1. The van der Waals surface area contributed by atoms with Crippen molar-refractivity contribution in [2.24, 2.45) is 0 Å². The van der Waals surface area contributed by atoms with E-state index in [1.807, 2.05) is 36.4 Å². The molecule has 6 nitrogen and oxygen atoms in total. The summed E-state index contributed by atoms with van der Waals surface area (Å²) in [6.07, 6.45) is 0. The van der Waals surface area contributed by atoms with E-state index in [0.29, 0.717) is 5.13 Å². The maximum absolute atomic E-state index is 12.5. The maximum atomic E-state index is 12.5. The molecule has 0 atom stereocenters. The van der Waals surface area contributed by atoms with Crippen LogP contribution >= 0.6 is 34.4 Å². The van der Waals surface area contributed by atoms with Gasteiger partial charge in [-0.25, -0.2) is 4.98 Å². The molecule has 150 valence electrons. The van der Waals surface area contributed by atoms with Gasteiger partial charge in [-0.2, -0.15) is 0 Å². The predicted octanol–water partition coefficient (Wildman–Crippen LogP) is 5.52. The van der Waals surface area contributed by atoms with Gasteiger partial charge in [0.05, 0.1) is 16.0 Å². The number of hydrogen-bond donors (Lipinski definition) is 1. The molecule has 2 aromatic carbocycles. The van der Waals surface area contributed by atoms with Crippen LogP contribution in [0.1, 0.15) is 6.92 Å². The standard InChI is InChI=1S/C21H17N5OS3/c1-2-26-19(14-11-28-16-9-5-3-7-13(14)16)24-25-21(26)29-12-18(27)23-20-22-15-8-4-6-10-17(15)30-20/h3-11H,2,12H2,1H3,(H,22,23,27). The van der Waals surface area contributed by atoms with Crippen LogP contribution < -0.4 is 5.32 Å². The van der Waals surface area contributed by atoms with E-state index in [0.717, 1.165) is 33.3 Å². The molecule has 1 amide bonds. The van der Waals surface area contributed by atoms with Crippen molar-refractivity contribution in [1.29, 1.82) is 0 Å². The number of nitrogens with zero attached hydrogens (tertiary/aromatic N) is 4. The molecule has 0 aliphatic rings. The second kappa shape index (κ2) is 8.17. The molecule has 5 rings (SSSR count). The lowest BCUT2D eigenvalue weighted by molar-refractivity contribution is -0.113. The zero-order chi connectivity index (χ0) is 20.5. The SMILES string of the molecule is CCn1c(SCC(=O)Nc2nc3ccccc3s2)nnc1-c1csc2ccccc12. The third kappa shape index (κ3) is 3.60. The number of thiazole rings is 1. The highest BCUT2D eigenvalue weighted by atomic mass is 32.2. The van der Waals surface area contributed by atoms with Crippen LogP contribution in [0, 0.1) is 0 Å². The van der Waals surface area contributed by atoms with Crippen molar-refractivity contribution in [3.05, 3.63) is 53.9 Å². The summed E-state index contributed by atoms with van der Waals surface area (Å²) in [5.41, 5.74) is 1.97. The fourth-order valence-electron chi connectivity index (χ4n) is 3.24. The van der Waals surface area contributed by atoms with Crippen molar-refractivity contribution < 1.29 is 4.79 Å². The van der Waals surface area contributed by atoms with E-state index in [4.69, 9.17) is 0 Å². The largest absolute Gasteiger partial charge is 0.302 e. The highest BCUT2D eigenvalue weighted by Crippen LogP contribution is 2.34. The molecule has 0 saturated carbocycles. The summed E-state index contributed by atoms with van der Waals surface area (Å²) in [6, 6.07) is 16.1. The summed E-state index contributed by atoms with van der Waals surface area (Å²) in [4.78, 5) is 16.9. The van der Waals surface area contributed by atoms with Gasteiger partial charge in [-0.15, -0.1) is 21.5 Å². The molecule has 3 heterocycles. The molecule has 0 radical (unpaired) electrons. The molecule has 0 fully saturated rings. The average Bonchev–Trinajstić information content (AvgIpc) is 3.47. The summed E-state index contributed by atoms with van der Waals surface area (Å²) >= 11 is 4.56. The van der Waals surface area contributed by atoms with Crippen molar-refractivity contribution in [3.8, 4) is 11.4 Å². The maximum Gasteiger partial charge on any atom is 0.236 e. The van der Waals surface area contributed by atoms with Gasteiger partial charge in [-0.05, 0) is 25.1 Å². The van der Waals surface area contributed by atoms with E-state index in [2.05, 4.69) is 49.5 Å². The van der Waals surface area contributed by atoms with E-state index in [1.165, 1.54) is 33.2 Å². The van der Waals surface area contributed by atoms with E-state index in [9.17, 15) is 4.79 Å². The second-order valence-electron chi connectivity index (χ2n) is 6.52. The van der Waals surface area contributed by atoms with Gasteiger partial charge in [0.15, 0.2) is 16.1 Å². The van der Waals surface area contributed by atoms with Crippen molar-refractivity contribution in [2.75, 3.05) is 11.1 Å². The fourth-order valence-corrected chi connectivity index (χ4v) is 5.87. The molecule has 5 aromatic rings. The predicted molar refractivity (Wildman–Crippen MR) is 125 cm³/mol. The van der Waals surface area contributed by atoms with E-state index in [-0.39, 0.29) is 11.7 Å². The molecule has 9 heteroatoms. The van der Waals surface area contributed by atoms with E-state index >= 15 is 0 Å². The van der Waals surface area contributed by atoms with Crippen molar-refractivity contribution in [3.63, 3.8) is 0 Å². The van der Waals surface area contributed by atoms with Crippen molar-refractivity contribution >= 4 is 65.8 Å². The lowest BCUT2D eigenvalue weighted by Crippen LogP contribution is -2.14. The van der Waals surface area contributed by atoms with Crippen LogP contribution in [0.3, 0.4) is 0 Å². The lowest BCUT2D eigenvalue weighted by atomic mass is 10.1. The number of amides is 1. The Labute approximate surface area is 185 Å². The second-order valence-corrected chi connectivity index (χ2v) is 9.40. The van der Waals surface area contributed by atoms with Crippen LogP contribution in [-0.2, 0) is 11.3 Å². The molecule has 30 heavy (non-hydrogen) atoms.